The largest absolute Gasteiger partial charge is 0.469 e. The lowest BCUT2D eigenvalue weighted by atomic mass is 9.97. The second kappa shape index (κ2) is 9.39. The quantitative estimate of drug-likeness (QED) is 0.487. The molecule has 0 atom stereocenters. The molecule has 28 heavy (non-hydrogen) atoms. The number of aryl methyl sites for hydroxylation is 1. The Morgan fingerprint density at radius 2 is 2.07 bits per heavy atom. The standard InChI is InChI=1S/C21H29N5O2/c1-16-23-9-12-26(16)15-18-6-4-5-17(13-18)14-24-21(22-2)25-10-7-19(8-11-25)20(27)28-3/h4-6,9,12-13,19H,7-8,10-11,14-15H2,1-3H3,(H,22,24). The van der Waals surface area contributed by atoms with Crippen LogP contribution in [0.3, 0.4) is 0 Å². The molecule has 150 valence electrons. The molecule has 0 spiro atoms. The summed E-state index contributed by atoms with van der Waals surface area (Å²) in [6.45, 7) is 5.15. The zero-order valence-electron chi connectivity index (χ0n) is 16.9. The molecule has 2 aromatic rings. The molecule has 1 fully saturated rings. The van der Waals surface area contributed by atoms with E-state index in [9.17, 15) is 4.79 Å². The summed E-state index contributed by atoms with van der Waals surface area (Å²) in [7, 11) is 3.25. The van der Waals surface area contributed by atoms with Crippen molar-refractivity contribution in [2.75, 3.05) is 27.2 Å². The molecular weight excluding hydrogens is 354 g/mol. The number of hydrogen-bond donors (Lipinski definition) is 1. The fraction of sp³-hybridized carbons (Fsp3) is 0.476. The van der Waals surface area contributed by atoms with Gasteiger partial charge in [-0.1, -0.05) is 24.3 Å². The molecule has 0 saturated carbocycles. The van der Waals surface area contributed by atoms with E-state index in [0.717, 1.165) is 44.3 Å². The Bertz CT molecular complexity index is 822. The van der Waals surface area contributed by atoms with Gasteiger partial charge >= 0.3 is 5.97 Å². The van der Waals surface area contributed by atoms with Crippen molar-refractivity contribution in [3.05, 3.63) is 53.6 Å². The Kier molecular flexibility index (Phi) is 6.68. The van der Waals surface area contributed by atoms with Crippen molar-refractivity contribution in [3.63, 3.8) is 0 Å². The fourth-order valence-electron chi connectivity index (χ4n) is 3.61. The third kappa shape index (κ3) is 4.91. The summed E-state index contributed by atoms with van der Waals surface area (Å²) in [5.41, 5.74) is 2.45. The molecule has 1 saturated heterocycles. The van der Waals surface area contributed by atoms with E-state index in [-0.39, 0.29) is 11.9 Å². The monoisotopic (exact) mass is 383 g/mol. The number of ether oxygens (including phenoxy) is 1. The van der Waals surface area contributed by atoms with Crippen LogP contribution in [0.5, 0.6) is 0 Å². The van der Waals surface area contributed by atoms with Crippen LogP contribution < -0.4 is 5.32 Å². The first-order valence-electron chi connectivity index (χ1n) is 9.69. The summed E-state index contributed by atoms with van der Waals surface area (Å²) in [6.07, 6.45) is 5.42. The van der Waals surface area contributed by atoms with Crippen molar-refractivity contribution < 1.29 is 9.53 Å². The van der Waals surface area contributed by atoms with Gasteiger partial charge in [0.05, 0.1) is 13.0 Å². The van der Waals surface area contributed by atoms with E-state index in [0.29, 0.717) is 6.54 Å². The van der Waals surface area contributed by atoms with Crippen LogP contribution in [-0.4, -0.2) is 53.6 Å². The summed E-state index contributed by atoms with van der Waals surface area (Å²) in [5.74, 6) is 1.79. The summed E-state index contributed by atoms with van der Waals surface area (Å²) < 4.78 is 7.00. The number of hydrogen-bond acceptors (Lipinski definition) is 4. The van der Waals surface area contributed by atoms with Gasteiger partial charge in [-0.05, 0) is 30.9 Å². The number of imidazole rings is 1. The number of benzene rings is 1. The Hall–Kier alpha value is -2.83. The lowest BCUT2D eigenvalue weighted by Crippen LogP contribution is -2.46. The number of esters is 1. The van der Waals surface area contributed by atoms with Crippen molar-refractivity contribution in [2.24, 2.45) is 10.9 Å². The van der Waals surface area contributed by atoms with Gasteiger partial charge in [0.15, 0.2) is 5.96 Å². The van der Waals surface area contributed by atoms with Crippen LogP contribution >= 0.6 is 0 Å². The second-order valence-electron chi connectivity index (χ2n) is 7.11. The topological polar surface area (TPSA) is 71.8 Å². The maximum atomic E-state index is 11.7. The average Bonchev–Trinajstić information content (AvgIpc) is 3.13. The van der Waals surface area contributed by atoms with E-state index >= 15 is 0 Å². The molecule has 1 aromatic carbocycles. The van der Waals surface area contributed by atoms with E-state index in [1.165, 1.54) is 18.2 Å². The maximum Gasteiger partial charge on any atom is 0.308 e. The zero-order valence-corrected chi connectivity index (χ0v) is 16.9. The van der Waals surface area contributed by atoms with Crippen LogP contribution in [0.1, 0.15) is 29.8 Å². The van der Waals surface area contributed by atoms with Crippen molar-refractivity contribution in [1.29, 1.82) is 0 Å². The minimum atomic E-state index is -0.104. The molecule has 0 amide bonds. The smallest absolute Gasteiger partial charge is 0.308 e. The molecule has 1 aliphatic heterocycles. The summed E-state index contributed by atoms with van der Waals surface area (Å²) in [5, 5.41) is 3.45. The molecule has 1 N–H and O–H groups in total. The highest BCUT2D eigenvalue weighted by Crippen LogP contribution is 2.18. The molecule has 7 heteroatoms. The summed E-state index contributed by atoms with van der Waals surface area (Å²) in [6, 6.07) is 8.55. The van der Waals surface area contributed by atoms with Gasteiger partial charge in [-0.15, -0.1) is 0 Å². The van der Waals surface area contributed by atoms with Gasteiger partial charge in [0, 0.05) is 45.6 Å². The number of carbonyl (C=O) groups excluding carboxylic acids is 1. The number of methoxy groups -OCH3 is 1. The predicted molar refractivity (Wildman–Crippen MR) is 109 cm³/mol. The first-order valence-corrected chi connectivity index (χ1v) is 9.69. The van der Waals surface area contributed by atoms with Gasteiger partial charge in [0.1, 0.15) is 5.82 Å². The molecule has 0 radical (unpaired) electrons. The van der Waals surface area contributed by atoms with Crippen LogP contribution in [0.4, 0.5) is 0 Å². The van der Waals surface area contributed by atoms with Crippen LogP contribution in [0.25, 0.3) is 0 Å². The number of piperidine rings is 1. The molecule has 0 unspecified atom stereocenters. The predicted octanol–water partition coefficient (Wildman–Crippen LogP) is 2.20. The minimum absolute atomic E-state index is 0.00247. The fourth-order valence-corrected chi connectivity index (χ4v) is 3.61. The van der Waals surface area contributed by atoms with Gasteiger partial charge < -0.3 is 19.5 Å². The first-order chi connectivity index (χ1) is 13.6. The van der Waals surface area contributed by atoms with Crippen LogP contribution in [0.2, 0.25) is 0 Å². The number of likely N-dealkylation sites (tertiary alicyclic amines) is 1. The van der Waals surface area contributed by atoms with Gasteiger partial charge in [-0.25, -0.2) is 4.98 Å². The number of nitrogens with one attached hydrogen (secondary N) is 1. The molecule has 1 aromatic heterocycles. The normalized spacial score (nSPS) is 15.5. The lowest BCUT2D eigenvalue weighted by molar-refractivity contribution is -0.146. The minimum Gasteiger partial charge on any atom is -0.469 e. The molecule has 2 heterocycles. The maximum absolute atomic E-state index is 11.7. The van der Waals surface area contributed by atoms with E-state index in [1.54, 1.807) is 7.05 Å². The van der Waals surface area contributed by atoms with E-state index < -0.39 is 0 Å². The van der Waals surface area contributed by atoms with Crippen molar-refractivity contribution in [1.82, 2.24) is 19.8 Å². The summed E-state index contributed by atoms with van der Waals surface area (Å²) >= 11 is 0. The van der Waals surface area contributed by atoms with Gasteiger partial charge in [0.2, 0.25) is 0 Å². The van der Waals surface area contributed by atoms with Gasteiger partial charge in [-0.3, -0.25) is 9.79 Å². The van der Waals surface area contributed by atoms with Crippen molar-refractivity contribution in [3.8, 4) is 0 Å². The highest BCUT2D eigenvalue weighted by molar-refractivity contribution is 5.80. The van der Waals surface area contributed by atoms with Gasteiger partial charge in [-0.2, -0.15) is 0 Å². The Morgan fingerprint density at radius 1 is 1.32 bits per heavy atom. The van der Waals surface area contributed by atoms with Crippen LogP contribution in [0.15, 0.2) is 41.7 Å². The van der Waals surface area contributed by atoms with E-state index in [4.69, 9.17) is 4.74 Å². The number of carbonyl (C=O) groups is 1. The molecular formula is C21H29N5O2. The first kappa shape index (κ1) is 19.9. The molecule has 0 aliphatic carbocycles. The number of nitrogens with zero attached hydrogens (tertiary/aromatic N) is 4. The second-order valence-corrected chi connectivity index (χ2v) is 7.11. The Labute approximate surface area is 166 Å². The highest BCUT2D eigenvalue weighted by atomic mass is 16.5. The lowest BCUT2D eigenvalue weighted by Gasteiger charge is -2.33. The Balaban J connectivity index is 1.55. The van der Waals surface area contributed by atoms with E-state index in [1.807, 2.05) is 19.3 Å². The molecule has 3 rings (SSSR count). The highest BCUT2D eigenvalue weighted by Gasteiger charge is 2.26. The number of rotatable bonds is 5. The third-order valence-corrected chi connectivity index (χ3v) is 5.26. The van der Waals surface area contributed by atoms with Crippen LogP contribution in [-0.2, 0) is 22.6 Å². The van der Waals surface area contributed by atoms with Gasteiger partial charge in [0.25, 0.3) is 0 Å². The average molecular weight is 383 g/mol. The van der Waals surface area contributed by atoms with E-state index in [2.05, 4.69) is 49.0 Å². The third-order valence-electron chi connectivity index (χ3n) is 5.26. The summed E-state index contributed by atoms with van der Waals surface area (Å²) in [4.78, 5) is 22.6. The number of aromatic nitrogens is 2. The van der Waals surface area contributed by atoms with Crippen LogP contribution in [0, 0.1) is 12.8 Å². The van der Waals surface area contributed by atoms with Crippen molar-refractivity contribution >= 4 is 11.9 Å². The molecule has 1 aliphatic rings. The van der Waals surface area contributed by atoms with Crippen molar-refractivity contribution in [2.45, 2.75) is 32.9 Å². The molecule has 7 nitrogen and oxygen atoms in total. The zero-order chi connectivity index (χ0) is 19.9. The SMILES string of the molecule is CN=C(NCc1cccc(Cn2ccnc2C)c1)N1CCC(C(=O)OC)CC1. The number of aliphatic imine (C=N–C) groups is 1. The molecule has 0 bridgehead atoms. The Morgan fingerprint density at radius 3 is 2.71 bits per heavy atom. The number of guanidine groups is 1.